The van der Waals surface area contributed by atoms with Gasteiger partial charge < -0.3 is 4.90 Å². The Kier molecular flexibility index (Phi) is 3.84. The molecule has 2 aliphatic rings. The molecule has 1 aromatic carbocycles. The Bertz CT molecular complexity index is 644. The molecule has 1 amide bonds. The highest BCUT2D eigenvalue weighted by atomic mass is 32.1. The standard InChI is InChI=1S/C17H21N3OS/c21-16(19-9-3-4-10-19)12-20-11-5-7-14(20)17-18-13-6-1-2-8-15(13)22-17/h1-2,6,8,14H,3-5,7,9-12H2. The van der Waals surface area contributed by atoms with E-state index in [4.69, 9.17) is 4.98 Å². The summed E-state index contributed by atoms with van der Waals surface area (Å²) in [5.41, 5.74) is 1.08. The zero-order valence-electron chi connectivity index (χ0n) is 12.7. The largest absolute Gasteiger partial charge is 0.342 e. The van der Waals surface area contributed by atoms with E-state index in [9.17, 15) is 4.79 Å². The highest BCUT2D eigenvalue weighted by molar-refractivity contribution is 7.18. The van der Waals surface area contributed by atoms with E-state index in [2.05, 4.69) is 23.1 Å². The second-order valence-electron chi connectivity index (χ2n) is 6.24. The van der Waals surface area contributed by atoms with Crippen molar-refractivity contribution in [2.24, 2.45) is 0 Å². The summed E-state index contributed by atoms with van der Waals surface area (Å²) in [6, 6.07) is 8.63. The lowest BCUT2D eigenvalue weighted by Gasteiger charge is -2.25. The zero-order valence-corrected chi connectivity index (χ0v) is 13.5. The molecule has 4 rings (SSSR count). The molecule has 22 heavy (non-hydrogen) atoms. The number of carbonyl (C=O) groups is 1. The van der Waals surface area contributed by atoms with E-state index in [-0.39, 0.29) is 0 Å². The number of nitrogens with zero attached hydrogens (tertiary/aromatic N) is 3. The Balaban J connectivity index is 1.51. The molecule has 2 fully saturated rings. The minimum absolute atomic E-state index is 0.297. The fourth-order valence-electron chi connectivity index (χ4n) is 3.57. The van der Waals surface area contributed by atoms with Crippen LogP contribution in [0.25, 0.3) is 10.2 Å². The van der Waals surface area contributed by atoms with Gasteiger partial charge in [0.05, 0.1) is 22.8 Å². The molecule has 2 saturated heterocycles. The van der Waals surface area contributed by atoms with Gasteiger partial charge in [0, 0.05) is 13.1 Å². The van der Waals surface area contributed by atoms with Gasteiger partial charge in [-0.2, -0.15) is 0 Å². The van der Waals surface area contributed by atoms with Gasteiger partial charge in [-0.1, -0.05) is 12.1 Å². The lowest BCUT2D eigenvalue weighted by atomic mass is 10.2. The monoisotopic (exact) mass is 315 g/mol. The van der Waals surface area contributed by atoms with Gasteiger partial charge in [0.2, 0.25) is 5.91 Å². The molecule has 5 heteroatoms. The fourth-order valence-corrected chi connectivity index (χ4v) is 4.71. The number of para-hydroxylation sites is 1. The van der Waals surface area contributed by atoms with E-state index in [1.165, 1.54) is 9.71 Å². The predicted octanol–water partition coefficient (Wildman–Crippen LogP) is 3.06. The van der Waals surface area contributed by atoms with E-state index < -0.39 is 0 Å². The van der Waals surface area contributed by atoms with Crippen molar-refractivity contribution in [2.45, 2.75) is 31.7 Å². The van der Waals surface area contributed by atoms with Gasteiger partial charge in [0.25, 0.3) is 0 Å². The highest BCUT2D eigenvalue weighted by Crippen LogP contribution is 2.36. The first-order valence-corrected chi connectivity index (χ1v) is 9.00. The lowest BCUT2D eigenvalue weighted by Crippen LogP contribution is -2.38. The Morgan fingerprint density at radius 2 is 2.00 bits per heavy atom. The first-order valence-electron chi connectivity index (χ1n) is 8.18. The minimum atomic E-state index is 0.297. The Morgan fingerprint density at radius 1 is 1.18 bits per heavy atom. The third kappa shape index (κ3) is 2.63. The average Bonchev–Trinajstić information content (AvgIpc) is 3.26. The molecule has 1 unspecified atom stereocenters. The molecule has 2 aliphatic heterocycles. The van der Waals surface area contributed by atoms with Crippen LogP contribution in [0.5, 0.6) is 0 Å². The summed E-state index contributed by atoms with van der Waals surface area (Å²) in [5, 5.41) is 1.17. The molecule has 0 saturated carbocycles. The quantitative estimate of drug-likeness (QED) is 0.873. The number of rotatable bonds is 3. The van der Waals surface area contributed by atoms with Crippen molar-refractivity contribution < 1.29 is 4.79 Å². The highest BCUT2D eigenvalue weighted by Gasteiger charge is 2.31. The molecular weight excluding hydrogens is 294 g/mol. The number of thiazole rings is 1. The van der Waals surface area contributed by atoms with Crippen molar-refractivity contribution in [2.75, 3.05) is 26.2 Å². The molecule has 0 aliphatic carbocycles. The molecule has 1 aromatic heterocycles. The SMILES string of the molecule is O=C(CN1CCCC1c1nc2ccccc2s1)N1CCCC1. The van der Waals surface area contributed by atoms with Gasteiger partial charge in [-0.05, 0) is 44.4 Å². The third-order valence-corrected chi connectivity index (χ3v) is 5.89. The Morgan fingerprint density at radius 3 is 2.82 bits per heavy atom. The number of carbonyl (C=O) groups excluding carboxylic acids is 1. The summed E-state index contributed by atoms with van der Waals surface area (Å²) in [5.74, 6) is 0.297. The number of benzene rings is 1. The van der Waals surface area contributed by atoms with Gasteiger partial charge in [-0.15, -0.1) is 11.3 Å². The van der Waals surface area contributed by atoms with Crippen molar-refractivity contribution in [1.82, 2.24) is 14.8 Å². The second-order valence-corrected chi connectivity index (χ2v) is 7.30. The summed E-state index contributed by atoms with van der Waals surface area (Å²) in [4.78, 5) is 21.6. The zero-order chi connectivity index (χ0) is 14.9. The number of amides is 1. The van der Waals surface area contributed by atoms with Crippen molar-refractivity contribution in [3.8, 4) is 0 Å². The van der Waals surface area contributed by atoms with Gasteiger partial charge in [0.15, 0.2) is 0 Å². The van der Waals surface area contributed by atoms with Gasteiger partial charge >= 0.3 is 0 Å². The van der Waals surface area contributed by atoms with E-state index in [1.807, 2.05) is 11.0 Å². The molecule has 0 radical (unpaired) electrons. The summed E-state index contributed by atoms with van der Waals surface area (Å²) in [6.45, 7) is 3.46. The maximum absolute atomic E-state index is 12.4. The topological polar surface area (TPSA) is 36.4 Å². The molecule has 3 heterocycles. The van der Waals surface area contributed by atoms with Crippen LogP contribution in [0, 0.1) is 0 Å². The summed E-state index contributed by atoms with van der Waals surface area (Å²) in [7, 11) is 0. The number of likely N-dealkylation sites (tertiary alicyclic amines) is 2. The summed E-state index contributed by atoms with van der Waals surface area (Å²) >= 11 is 1.78. The van der Waals surface area contributed by atoms with Crippen molar-refractivity contribution in [1.29, 1.82) is 0 Å². The van der Waals surface area contributed by atoms with Crippen LogP contribution < -0.4 is 0 Å². The molecule has 0 spiro atoms. The van der Waals surface area contributed by atoms with Crippen LogP contribution in [0.3, 0.4) is 0 Å². The fraction of sp³-hybridized carbons (Fsp3) is 0.529. The first-order chi connectivity index (χ1) is 10.8. The van der Waals surface area contributed by atoms with Crippen LogP contribution in [0.2, 0.25) is 0 Å². The summed E-state index contributed by atoms with van der Waals surface area (Å²) in [6.07, 6.45) is 4.60. The number of fused-ring (bicyclic) bond motifs is 1. The van der Waals surface area contributed by atoms with Crippen LogP contribution in [0.15, 0.2) is 24.3 Å². The predicted molar refractivity (Wildman–Crippen MR) is 89.0 cm³/mol. The van der Waals surface area contributed by atoms with Crippen molar-refractivity contribution in [3.05, 3.63) is 29.3 Å². The van der Waals surface area contributed by atoms with Crippen LogP contribution >= 0.6 is 11.3 Å². The van der Waals surface area contributed by atoms with E-state index in [0.29, 0.717) is 18.5 Å². The van der Waals surface area contributed by atoms with Gasteiger partial charge in [-0.25, -0.2) is 4.98 Å². The molecule has 2 aromatic rings. The lowest BCUT2D eigenvalue weighted by molar-refractivity contribution is -0.131. The Hall–Kier alpha value is -1.46. The summed E-state index contributed by atoms with van der Waals surface area (Å²) < 4.78 is 1.25. The second kappa shape index (κ2) is 5.97. The van der Waals surface area contributed by atoms with Crippen LogP contribution in [0.1, 0.15) is 36.7 Å². The van der Waals surface area contributed by atoms with Crippen LogP contribution in [-0.2, 0) is 4.79 Å². The molecule has 1 atom stereocenters. The molecule has 4 nitrogen and oxygen atoms in total. The van der Waals surface area contributed by atoms with E-state index in [0.717, 1.165) is 50.8 Å². The van der Waals surface area contributed by atoms with Gasteiger partial charge in [0.1, 0.15) is 5.01 Å². The maximum atomic E-state index is 12.4. The number of aromatic nitrogens is 1. The normalized spacial score (nSPS) is 22.7. The molecule has 0 bridgehead atoms. The van der Waals surface area contributed by atoms with Gasteiger partial charge in [-0.3, -0.25) is 9.69 Å². The van der Waals surface area contributed by atoms with E-state index >= 15 is 0 Å². The average molecular weight is 315 g/mol. The van der Waals surface area contributed by atoms with E-state index in [1.54, 1.807) is 11.3 Å². The Labute approximate surface area is 134 Å². The van der Waals surface area contributed by atoms with Crippen molar-refractivity contribution >= 4 is 27.5 Å². The van der Waals surface area contributed by atoms with Crippen molar-refractivity contribution in [3.63, 3.8) is 0 Å². The van der Waals surface area contributed by atoms with Crippen LogP contribution in [-0.4, -0.2) is 46.9 Å². The first kappa shape index (κ1) is 14.2. The minimum Gasteiger partial charge on any atom is -0.342 e. The number of hydrogen-bond acceptors (Lipinski definition) is 4. The smallest absolute Gasteiger partial charge is 0.236 e. The maximum Gasteiger partial charge on any atom is 0.236 e. The van der Waals surface area contributed by atoms with Crippen LogP contribution in [0.4, 0.5) is 0 Å². The molecular formula is C17H21N3OS. The molecule has 116 valence electrons. The third-order valence-electron chi connectivity index (χ3n) is 4.76. The number of hydrogen-bond donors (Lipinski definition) is 0. The molecule has 0 N–H and O–H groups in total.